The lowest BCUT2D eigenvalue weighted by Crippen LogP contribution is -2.57. The van der Waals surface area contributed by atoms with Crippen LogP contribution in [0.25, 0.3) is 11.0 Å². The summed E-state index contributed by atoms with van der Waals surface area (Å²) >= 11 is 0. The highest BCUT2D eigenvalue weighted by Gasteiger charge is 2.35. The van der Waals surface area contributed by atoms with Crippen LogP contribution < -0.4 is 5.32 Å². The van der Waals surface area contributed by atoms with Crippen molar-refractivity contribution < 1.29 is 9.21 Å². The summed E-state index contributed by atoms with van der Waals surface area (Å²) in [6, 6.07) is 6.31. The number of furan rings is 1. The smallest absolute Gasteiger partial charge is 0.287 e. The molecule has 0 saturated carbocycles. The monoisotopic (exact) mass is 298 g/mol. The molecule has 1 amide bonds. The van der Waals surface area contributed by atoms with Gasteiger partial charge in [-0.25, -0.2) is 0 Å². The molecule has 0 radical (unpaired) electrons. The second-order valence-electron chi connectivity index (χ2n) is 6.77. The molecular weight excluding hydrogens is 276 g/mol. The molecule has 1 N–H and O–H groups in total. The van der Waals surface area contributed by atoms with Gasteiger partial charge in [0.1, 0.15) is 5.58 Å². The van der Waals surface area contributed by atoms with E-state index in [1.807, 2.05) is 19.1 Å². The minimum atomic E-state index is -0.0647. The van der Waals surface area contributed by atoms with Gasteiger partial charge in [-0.15, -0.1) is 0 Å². The summed E-state index contributed by atoms with van der Waals surface area (Å²) in [6.45, 7) is 7.37. The number of fused-ring (bicyclic) bond motifs is 4. The Kier molecular flexibility index (Phi) is 3.22. The minimum absolute atomic E-state index is 0.0647. The third-order valence-electron chi connectivity index (χ3n) is 5.27. The number of hydrogen-bond donors (Lipinski definition) is 1. The van der Waals surface area contributed by atoms with E-state index in [1.165, 1.54) is 31.5 Å². The first-order valence-electron chi connectivity index (χ1n) is 8.15. The molecule has 4 heterocycles. The Balaban J connectivity index is 1.59. The predicted octanol–water partition coefficient (Wildman–Crippen LogP) is 2.87. The zero-order valence-corrected chi connectivity index (χ0v) is 13.2. The average Bonchev–Trinajstić information content (AvgIpc) is 2.85. The van der Waals surface area contributed by atoms with Crippen molar-refractivity contribution in [2.24, 2.45) is 5.92 Å². The van der Waals surface area contributed by atoms with Crippen molar-refractivity contribution >= 4 is 16.9 Å². The summed E-state index contributed by atoms with van der Waals surface area (Å²) in [6.07, 6.45) is 2.40. The van der Waals surface area contributed by atoms with Crippen LogP contribution in [0.5, 0.6) is 0 Å². The SMILES string of the molecule is Cc1ccc2oc(C(=O)NC3CN4CCC3CC4)c(C)c2c1. The number of aryl methyl sites for hydroxylation is 2. The van der Waals surface area contributed by atoms with Crippen molar-refractivity contribution in [2.45, 2.75) is 32.7 Å². The van der Waals surface area contributed by atoms with Crippen LogP contribution in [0, 0.1) is 19.8 Å². The van der Waals surface area contributed by atoms with Gasteiger partial charge in [-0.3, -0.25) is 4.79 Å². The molecule has 3 fully saturated rings. The maximum Gasteiger partial charge on any atom is 0.287 e. The largest absolute Gasteiger partial charge is 0.451 e. The first-order chi connectivity index (χ1) is 10.6. The average molecular weight is 298 g/mol. The molecule has 3 aliphatic rings. The van der Waals surface area contributed by atoms with E-state index in [-0.39, 0.29) is 11.9 Å². The van der Waals surface area contributed by atoms with Crippen molar-refractivity contribution in [3.8, 4) is 0 Å². The number of amides is 1. The second kappa shape index (κ2) is 5.13. The van der Waals surface area contributed by atoms with Crippen molar-refractivity contribution in [1.29, 1.82) is 0 Å². The van der Waals surface area contributed by atoms with E-state index in [4.69, 9.17) is 4.42 Å². The van der Waals surface area contributed by atoms with Gasteiger partial charge in [-0.05, 0) is 57.8 Å². The van der Waals surface area contributed by atoms with Crippen LogP contribution in [-0.2, 0) is 0 Å². The fraction of sp³-hybridized carbons (Fsp3) is 0.500. The van der Waals surface area contributed by atoms with Gasteiger partial charge in [-0.2, -0.15) is 0 Å². The van der Waals surface area contributed by atoms with E-state index in [9.17, 15) is 4.79 Å². The quantitative estimate of drug-likeness (QED) is 0.927. The fourth-order valence-electron chi connectivity index (χ4n) is 3.91. The van der Waals surface area contributed by atoms with Crippen molar-refractivity contribution in [3.63, 3.8) is 0 Å². The molecule has 22 heavy (non-hydrogen) atoms. The second-order valence-corrected chi connectivity index (χ2v) is 6.77. The van der Waals surface area contributed by atoms with Gasteiger partial charge in [-0.1, -0.05) is 11.6 Å². The first kappa shape index (κ1) is 13.8. The molecule has 1 aromatic carbocycles. The summed E-state index contributed by atoms with van der Waals surface area (Å²) in [5.41, 5.74) is 2.92. The molecule has 3 aliphatic heterocycles. The van der Waals surface area contributed by atoms with Crippen LogP contribution in [0.3, 0.4) is 0 Å². The molecule has 2 aromatic rings. The summed E-state index contributed by atoms with van der Waals surface area (Å²) in [4.78, 5) is 15.1. The van der Waals surface area contributed by atoms with Gasteiger partial charge in [0, 0.05) is 23.5 Å². The zero-order valence-electron chi connectivity index (χ0n) is 13.2. The van der Waals surface area contributed by atoms with Crippen LogP contribution in [0.1, 0.15) is 34.5 Å². The summed E-state index contributed by atoms with van der Waals surface area (Å²) < 4.78 is 5.81. The molecule has 5 rings (SSSR count). The Labute approximate surface area is 130 Å². The van der Waals surface area contributed by atoms with Crippen molar-refractivity contribution in [1.82, 2.24) is 10.2 Å². The molecule has 0 spiro atoms. The van der Waals surface area contributed by atoms with E-state index >= 15 is 0 Å². The van der Waals surface area contributed by atoms with Crippen LogP contribution in [0.2, 0.25) is 0 Å². The van der Waals surface area contributed by atoms with Gasteiger partial charge in [0.25, 0.3) is 5.91 Å². The lowest BCUT2D eigenvalue weighted by atomic mass is 9.84. The van der Waals surface area contributed by atoms with Gasteiger partial charge < -0.3 is 14.6 Å². The van der Waals surface area contributed by atoms with Gasteiger partial charge in [0.2, 0.25) is 0 Å². The number of nitrogens with one attached hydrogen (secondary N) is 1. The lowest BCUT2D eigenvalue weighted by Gasteiger charge is -2.44. The van der Waals surface area contributed by atoms with Crippen LogP contribution in [0.4, 0.5) is 0 Å². The highest BCUT2D eigenvalue weighted by atomic mass is 16.3. The van der Waals surface area contributed by atoms with E-state index < -0.39 is 0 Å². The van der Waals surface area contributed by atoms with Gasteiger partial charge >= 0.3 is 0 Å². The molecule has 0 aliphatic carbocycles. The van der Waals surface area contributed by atoms with Gasteiger partial charge in [0.05, 0.1) is 0 Å². The first-order valence-corrected chi connectivity index (χ1v) is 8.15. The standard InChI is InChI=1S/C18H22N2O2/c1-11-3-4-16-14(9-11)12(2)17(22-16)18(21)19-15-10-20-7-5-13(15)6-8-20/h3-4,9,13,15H,5-8,10H2,1-2H3,(H,19,21). The highest BCUT2D eigenvalue weighted by molar-refractivity contribution is 5.99. The molecule has 4 heteroatoms. The summed E-state index contributed by atoms with van der Waals surface area (Å²) in [5, 5.41) is 4.25. The number of piperidine rings is 3. The number of carbonyl (C=O) groups excluding carboxylic acids is 1. The van der Waals surface area contributed by atoms with Crippen LogP contribution in [0.15, 0.2) is 22.6 Å². The Bertz CT molecular complexity index is 726. The minimum Gasteiger partial charge on any atom is -0.451 e. The molecule has 1 atom stereocenters. The highest BCUT2D eigenvalue weighted by Crippen LogP contribution is 2.29. The predicted molar refractivity (Wildman–Crippen MR) is 86.1 cm³/mol. The van der Waals surface area contributed by atoms with E-state index in [2.05, 4.69) is 23.2 Å². The molecular formula is C18H22N2O2. The molecule has 4 nitrogen and oxygen atoms in total. The lowest BCUT2D eigenvalue weighted by molar-refractivity contribution is 0.0606. The molecule has 1 aromatic heterocycles. The fourth-order valence-corrected chi connectivity index (χ4v) is 3.91. The van der Waals surface area contributed by atoms with E-state index in [0.717, 1.165) is 23.1 Å². The zero-order chi connectivity index (χ0) is 15.3. The maximum absolute atomic E-state index is 12.6. The van der Waals surface area contributed by atoms with Crippen molar-refractivity contribution in [2.75, 3.05) is 19.6 Å². The summed E-state index contributed by atoms with van der Waals surface area (Å²) in [7, 11) is 0. The summed E-state index contributed by atoms with van der Waals surface area (Å²) in [5.74, 6) is 1.03. The third kappa shape index (κ3) is 2.22. The van der Waals surface area contributed by atoms with Crippen LogP contribution >= 0.6 is 0 Å². The van der Waals surface area contributed by atoms with Gasteiger partial charge in [0.15, 0.2) is 5.76 Å². The van der Waals surface area contributed by atoms with Crippen LogP contribution in [-0.4, -0.2) is 36.5 Å². The third-order valence-corrected chi connectivity index (χ3v) is 5.27. The number of carbonyl (C=O) groups is 1. The number of hydrogen-bond acceptors (Lipinski definition) is 3. The Hall–Kier alpha value is -1.81. The Morgan fingerprint density at radius 3 is 2.73 bits per heavy atom. The van der Waals surface area contributed by atoms with E-state index in [0.29, 0.717) is 11.7 Å². The maximum atomic E-state index is 12.6. The topological polar surface area (TPSA) is 45.5 Å². The number of benzene rings is 1. The normalized spacial score (nSPS) is 27.3. The number of nitrogens with zero attached hydrogens (tertiary/aromatic N) is 1. The van der Waals surface area contributed by atoms with Crippen molar-refractivity contribution in [3.05, 3.63) is 35.1 Å². The molecule has 1 unspecified atom stereocenters. The number of rotatable bonds is 2. The molecule has 116 valence electrons. The Morgan fingerprint density at radius 2 is 2.05 bits per heavy atom. The van der Waals surface area contributed by atoms with E-state index in [1.54, 1.807) is 0 Å². The molecule has 3 saturated heterocycles. The Morgan fingerprint density at radius 1 is 1.27 bits per heavy atom. The molecule has 2 bridgehead atoms.